The number of amides is 1. The van der Waals surface area contributed by atoms with E-state index in [-0.39, 0.29) is 11.5 Å². The van der Waals surface area contributed by atoms with E-state index in [4.69, 9.17) is 9.40 Å². The lowest BCUT2D eigenvalue weighted by atomic mass is 9.97. The van der Waals surface area contributed by atoms with Gasteiger partial charge in [-0.15, -0.1) is 0 Å². The maximum absolute atomic E-state index is 13.2. The van der Waals surface area contributed by atoms with Gasteiger partial charge in [0.1, 0.15) is 5.76 Å². The lowest BCUT2D eigenvalue weighted by molar-refractivity contribution is -0.120. The normalized spacial score (nSPS) is 14.9. The summed E-state index contributed by atoms with van der Waals surface area (Å²) in [5.74, 6) is 0.581. The van der Waals surface area contributed by atoms with Gasteiger partial charge in [0.05, 0.1) is 29.0 Å². The van der Waals surface area contributed by atoms with Crippen molar-refractivity contribution in [3.63, 3.8) is 0 Å². The Kier molecular flexibility index (Phi) is 6.92. The van der Waals surface area contributed by atoms with Crippen LogP contribution in [0.2, 0.25) is 0 Å². The quantitative estimate of drug-likeness (QED) is 0.315. The first-order valence-electron chi connectivity index (χ1n) is 10.8. The van der Waals surface area contributed by atoms with Gasteiger partial charge in [0.15, 0.2) is 5.16 Å². The average molecular weight is 438 g/mol. The number of hydrogen-bond acceptors (Lipinski definition) is 5. The van der Waals surface area contributed by atoms with Gasteiger partial charge in [-0.2, -0.15) is 0 Å². The molecular weight excluding hydrogens is 410 g/mol. The number of carbonyl (C=O) groups is 1. The van der Waals surface area contributed by atoms with Crippen LogP contribution in [0, 0.1) is 0 Å². The molecule has 1 aliphatic carbocycles. The molecule has 0 saturated heterocycles. The Morgan fingerprint density at radius 3 is 2.90 bits per heavy atom. The Balaban J connectivity index is 1.54. The summed E-state index contributed by atoms with van der Waals surface area (Å²) in [7, 11) is 0. The van der Waals surface area contributed by atoms with E-state index < -0.39 is 5.25 Å². The molecule has 0 spiro atoms. The molecule has 0 bridgehead atoms. The molecule has 0 radical (unpaired) electrons. The number of benzene rings is 1. The number of nitrogens with one attached hydrogen (secondary N) is 1. The van der Waals surface area contributed by atoms with E-state index in [1.165, 1.54) is 30.2 Å². The Labute approximate surface area is 185 Å². The van der Waals surface area contributed by atoms with Crippen LogP contribution >= 0.6 is 11.8 Å². The van der Waals surface area contributed by atoms with E-state index in [1.54, 1.807) is 16.9 Å². The molecule has 3 aromatic rings. The van der Waals surface area contributed by atoms with Crippen molar-refractivity contribution in [2.75, 3.05) is 0 Å². The molecular formula is C24H27N3O3S. The Morgan fingerprint density at radius 2 is 2.13 bits per heavy atom. The highest BCUT2D eigenvalue weighted by atomic mass is 32.2. The molecule has 1 unspecified atom stereocenters. The number of rotatable bonds is 8. The first kappa shape index (κ1) is 21.4. The molecule has 0 aliphatic heterocycles. The van der Waals surface area contributed by atoms with Gasteiger partial charge < -0.3 is 9.73 Å². The third kappa shape index (κ3) is 5.28. The molecule has 6 nitrogen and oxygen atoms in total. The summed E-state index contributed by atoms with van der Waals surface area (Å²) in [5.41, 5.74) is 2.02. The van der Waals surface area contributed by atoms with Crippen molar-refractivity contribution in [1.29, 1.82) is 0 Å². The lowest BCUT2D eigenvalue weighted by Crippen LogP contribution is -2.31. The highest BCUT2D eigenvalue weighted by Gasteiger charge is 2.20. The summed E-state index contributed by atoms with van der Waals surface area (Å²) < 4.78 is 7.00. The largest absolute Gasteiger partial charge is 0.467 e. The number of furan rings is 1. The first-order chi connectivity index (χ1) is 15.1. The molecule has 1 aromatic carbocycles. The predicted molar refractivity (Wildman–Crippen MR) is 123 cm³/mol. The summed E-state index contributed by atoms with van der Waals surface area (Å²) in [6.07, 6.45) is 9.41. The highest BCUT2D eigenvalue weighted by molar-refractivity contribution is 8.00. The van der Waals surface area contributed by atoms with Gasteiger partial charge in [-0.3, -0.25) is 14.2 Å². The van der Waals surface area contributed by atoms with E-state index in [9.17, 15) is 9.59 Å². The molecule has 1 amide bonds. The van der Waals surface area contributed by atoms with Gasteiger partial charge in [-0.25, -0.2) is 4.98 Å². The summed E-state index contributed by atoms with van der Waals surface area (Å²) in [6, 6.07) is 11.0. The minimum absolute atomic E-state index is 0.0484. The second kappa shape index (κ2) is 10.0. The van der Waals surface area contributed by atoms with Crippen molar-refractivity contribution < 1.29 is 9.21 Å². The fourth-order valence-corrected chi connectivity index (χ4v) is 4.72. The smallest absolute Gasteiger partial charge is 0.262 e. The summed E-state index contributed by atoms with van der Waals surface area (Å²) in [5, 5.41) is 3.68. The molecule has 0 saturated carbocycles. The minimum Gasteiger partial charge on any atom is -0.467 e. The van der Waals surface area contributed by atoms with Gasteiger partial charge in [0.2, 0.25) is 5.91 Å². The SMILES string of the molecule is CC(Sc1nc2ccccc2c(=O)n1CCC1=CCCCC1)C(=O)NCc1ccco1. The van der Waals surface area contributed by atoms with Crippen molar-refractivity contribution >= 4 is 28.6 Å². The maximum atomic E-state index is 13.2. The van der Waals surface area contributed by atoms with E-state index in [1.807, 2.05) is 37.3 Å². The van der Waals surface area contributed by atoms with E-state index in [0.29, 0.717) is 34.9 Å². The molecule has 2 aromatic heterocycles. The second-order valence-corrected chi connectivity index (χ2v) is 9.09. The molecule has 4 rings (SSSR count). The number of thioether (sulfide) groups is 1. The molecule has 1 aliphatic rings. The summed E-state index contributed by atoms with van der Waals surface area (Å²) in [4.78, 5) is 30.6. The number of aromatic nitrogens is 2. The topological polar surface area (TPSA) is 77.1 Å². The Hall–Kier alpha value is -2.80. The summed E-state index contributed by atoms with van der Waals surface area (Å²) >= 11 is 1.32. The molecule has 2 heterocycles. The fourth-order valence-electron chi connectivity index (χ4n) is 3.76. The van der Waals surface area contributed by atoms with Gasteiger partial charge in [0, 0.05) is 6.54 Å². The number of nitrogens with zero attached hydrogens (tertiary/aromatic N) is 2. The molecule has 1 N–H and O–H groups in total. The number of carbonyl (C=O) groups excluding carboxylic acids is 1. The van der Waals surface area contributed by atoms with Crippen LogP contribution in [0.1, 0.15) is 44.8 Å². The van der Waals surface area contributed by atoms with Gasteiger partial charge in [-0.1, -0.05) is 35.5 Å². The number of hydrogen-bond donors (Lipinski definition) is 1. The standard InChI is InChI=1S/C24H27N3O3S/c1-17(22(28)25-16-19-10-7-15-30-19)31-24-26-21-12-6-5-11-20(21)23(29)27(24)14-13-18-8-3-2-4-9-18/h5-8,10-12,15,17H,2-4,9,13-14,16H2,1H3,(H,25,28). The van der Waals surface area contributed by atoms with E-state index in [0.717, 1.165) is 19.3 Å². The third-order valence-electron chi connectivity index (χ3n) is 5.54. The van der Waals surface area contributed by atoms with Crippen molar-refractivity contribution in [2.24, 2.45) is 0 Å². The minimum atomic E-state index is -0.400. The van der Waals surface area contributed by atoms with Crippen molar-refractivity contribution in [1.82, 2.24) is 14.9 Å². The first-order valence-corrected chi connectivity index (χ1v) is 11.6. The number of para-hydroxylation sites is 1. The van der Waals surface area contributed by atoms with E-state index in [2.05, 4.69) is 11.4 Å². The van der Waals surface area contributed by atoms with Crippen molar-refractivity contribution in [3.8, 4) is 0 Å². The van der Waals surface area contributed by atoms with Crippen LogP contribution in [0.4, 0.5) is 0 Å². The van der Waals surface area contributed by atoms with E-state index >= 15 is 0 Å². The fraction of sp³-hybridized carbons (Fsp3) is 0.375. The Morgan fingerprint density at radius 1 is 1.26 bits per heavy atom. The zero-order chi connectivity index (χ0) is 21.6. The number of fused-ring (bicyclic) bond motifs is 1. The van der Waals surface area contributed by atoms with Crippen LogP contribution in [-0.2, 0) is 17.9 Å². The predicted octanol–water partition coefficient (Wildman–Crippen LogP) is 4.68. The molecule has 1 atom stereocenters. The van der Waals surface area contributed by atoms with Crippen LogP contribution in [0.5, 0.6) is 0 Å². The summed E-state index contributed by atoms with van der Waals surface area (Å²) in [6.45, 7) is 2.74. The maximum Gasteiger partial charge on any atom is 0.262 e. The zero-order valence-electron chi connectivity index (χ0n) is 17.7. The second-order valence-electron chi connectivity index (χ2n) is 7.78. The monoisotopic (exact) mass is 437 g/mol. The average Bonchev–Trinajstić information content (AvgIpc) is 3.31. The highest BCUT2D eigenvalue weighted by Crippen LogP contribution is 2.25. The third-order valence-corrected chi connectivity index (χ3v) is 6.63. The zero-order valence-corrected chi connectivity index (χ0v) is 18.5. The van der Waals surface area contributed by atoms with Crippen LogP contribution < -0.4 is 10.9 Å². The van der Waals surface area contributed by atoms with Gasteiger partial charge in [0.25, 0.3) is 5.56 Å². The molecule has 7 heteroatoms. The van der Waals surface area contributed by atoms with Crippen LogP contribution in [0.25, 0.3) is 10.9 Å². The van der Waals surface area contributed by atoms with Gasteiger partial charge >= 0.3 is 0 Å². The molecule has 31 heavy (non-hydrogen) atoms. The van der Waals surface area contributed by atoms with Crippen LogP contribution in [-0.4, -0.2) is 20.7 Å². The molecule has 162 valence electrons. The molecule has 0 fully saturated rings. The Bertz CT molecular complexity index is 1130. The van der Waals surface area contributed by atoms with Gasteiger partial charge in [-0.05, 0) is 63.3 Å². The van der Waals surface area contributed by atoms with Crippen LogP contribution in [0.15, 0.2) is 68.7 Å². The van der Waals surface area contributed by atoms with Crippen molar-refractivity contribution in [2.45, 2.75) is 62.5 Å². The lowest BCUT2D eigenvalue weighted by Gasteiger charge is -2.18. The van der Waals surface area contributed by atoms with Crippen LogP contribution in [0.3, 0.4) is 0 Å². The van der Waals surface area contributed by atoms with Crippen molar-refractivity contribution in [3.05, 3.63) is 70.4 Å². The number of allylic oxidation sites excluding steroid dienone is 2.